The Balaban J connectivity index is 1.91. The first-order chi connectivity index (χ1) is 9.27. The second-order valence-corrected chi connectivity index (χ2v) is 8.36. The average molecular weight is 302 g/mol. The maximum absolute atomic E-state index is 13.1. The molecule has 0 bridgehead atoms. The van der Waals surface area contributed by atoms with Crippen molar-refractivity contribution < 1.29 is 18.0 Å². The molecule has 2 atom stereocenters. The maximum atomic E-state index is 13.1. The second kappa shape index (κ2) is 7.46. The minimum atomic E-state index is -2.25. The molecule has 4 nitrogen and oxygen atoms in total. The fourth-order valence-electron chi connectivity index (χ4n) is 2.59. The van der Waals surface area contributed by atoms with Gasteiger partial charge in [0.2, 0.25) is 0 Å². The van der Waals surface area contributed by atoms with Crippen LogP contribution < -0.4 is 5.30 Å². The molecule has 0 amide bonds. The van der Waals surface area contributed by atoms with E-state index in [0.717, 1.165) is 43.1 Å². The zero-order valence-electron chi connectivity index (χ0n) is 11.0. The molecule has 0 N–H and O–H groups in total. The summed E-state index contributed by atoms with van der Waals surface area (Å²) in [4.78, 5) is 4.41. The summed E-state index contributed by atoms with van der Waals surface area (Å²) in [5, 5.41) is 1.01. The topological polar surface area (TPSA) is 44.8 Å². The molecule has 0 aliphatic carbocycles. The number of rotatable bonds is 7. The molecule has 1 unspecified atom stereocenters. The first kappa shape index (κ1) is 15.1. The second-order valence-electron chi connectivity index (χ2n) is 4.56. The summed E-state index contributed by atoms with van der Waals surface area (Å²) in [6, 6.07) is 9.86. The lowest BCUT2D eigenvalue weighted by atomic mass is 10.2. The van der Waals surface area contributed by atoms with E-state index in [2.05, 4.69) is 9.22 Å². The average Bonchev–Trinajstić information content (AvgIpc) is 2.82. The Morgan fingerprint density at radius 3 is 2.89 bits per heavy atom. The number of benzene rings is 1. The highest BCUT2D eigenvalue weighted by Crippen LogP contribution is 2.58. The summed E-state index contributed by atoms with van der Waals surface area (Å²) in [5.41, 5.74) is 0.234. The molecule has 6 heteroatoms. The van der Waals surface area contributed by atoms with Gasteiger partial charge >= 0.3 is 0 Å². The van der Waals surface area contributed by atoms with Crippen LogP contribution in [0, 0.1) is 0 Å². The SMILES string of the molecule is COOSOCC[C@H]1CCCP1(=O)c1ccccc1. The van der Waals surface area contributed by atoms with Crippen LogP contribution in [0.15, 0.2) is 30.3 Å². The van der Waals surface area contributed by atoms with E-state index in [9.17, 15) is 4.57 Å². The Morgan fingerprint density at radius 1 is 1.37 bits per heavy atom. The summed E-state index contributed by atoms with van der Waals surface area (Å²) in [7, 11) is -0.822. The van der Waals surface area contributed by atoms with E-state index in [1.807, 2.05) is 30.3 Å². The lowest BCUT2D eigenvalue weighted by molar-refractivity contribution is -0.166. The van der Waals surface area contributed by atoms with Crippen LogP contribution in [0.1, 0.15) is 19.3 Å². The lowest BCUT2D eigenvalue weighted by Crippen LogP contribution is -2.15. The normalized spacial score (nSPS) is 26.7. The molecule has 19 heavy (non-hydrogen) atoms. The van der Waals surface area contributed by atoms with Gasteiger partial charge in [-0.1, -0.05) is 30.3 Å². The smallest absolute Gasteiger partial charge is 0.194 e. The van der Waals surface area contributed by atoms with E-state index in [0.29, 0.717) is 6.61 Å². The third-order valence-corrected chi connectivity index (χ3v) is 7.79. The third-order valence-electron chi connectivity index (χ3n) is 3.49. The van der Waals surface area contributed by atoms with Gasteiger partial charge in [-0.3, -0.25) is 4.18 Å². The predicted octanol–water partition coefficient (Wildman–Crippen LogP) is 3.39. The predicted molar refractivity (Wildman–Crippen MR) is 77.8 cm³/mol. The van der Waals surface area contributed by atoms with Gasteiger partial charge in [-0.05, 0) is 19.3 Å². The highest BCUT2D eigenvalue weighted by atomic mass is 32.2. The van der Waals surface area contributed by atoms with Gasteiger partial charge in [-0.25, -0.2) is 4.89 Å². The van der Waals surface area contributed by atoms with Crippen molar-refractivity contribution in [2.24, 2.45) is 0 Å². The van der Waals surface area contributed by atoms with Crippen LogP contribution in [0.4, 0.5) is 0 Å². The van der Waals surface area contributed by atoms with Crippen molar-refractivity contribution in [3.63, 3.8) is 0 Å². The Labute approximate surface area is 118 Å². The first-order valence-electron chi connectivity index (χ1n) is 6.40. The minimum Gasteiger partial charge on any atom is -0.318 e. The zero-order valence-corrected chi connectivity index (χ0v) is 12.7. The van der Waals surface area contributed by atoms with Gasteiger partial charge in [0.25, 0.3) is 0 Å². The third kappa shape index (κ3) is 3.83. The summed E-state index contributed by atoms with van der Waals surface area (Å²) in [6.07, 6.45) is 3.68. The van der Waals surface area contributed by atoms with Crippen molar-refractivity contribution in [1.82, 2.24) is 0 Å². The van der Waals surface area contributed by atoms with Crippen molar-refractivity contribution in [3.8, 4) is 0 Å². The van der Waals surface area contributed by atoms with Gasteiger partial charge in [0.05, 0.1) is 13.7 Å². The van der Waals surface area contributed by atoms with Gasteiger partial charge in [-0.2, -0.15) is 0 Å². The fourth-order valence-corrected chi connectivity index (χ4v) is 6.35. The molecule has 1 heterocycles. The van der Waals surface area contributed by atoms with Crippen molar-refractivity contribution in [3.05, 3.63) is 30.3 Å². The highest BCUT2D eigenvalue weighted by Gasteiger charge is 2.38. The minimum absolute atomic E-state index is 0.234. The van der Waals surface area contributed by atoms with Gasteiger partial charge < -0.3 is 4.57 Å². The van der Waals surface area contributed by atoms with Gasteiger partial charge in [0.1, 0.15) is 7.14 Å². The molecule has 1 aromatic carbocycles. The maximum Gasteiger partial charge on any atom is 0.194 e. The van der Waals surface area contributed by atoms with Crippen LogP contribution in [0.5, 0.6) is 0 Å². The van der Waals surface area contributed by atoms with Crippen LogP contribution >= 0.6 is 19.5 Å². The molecule has 2 rings (SSSR count). The molecule has 1 aliphatic rings. The largest absolute Gasteiger partial charge is 0.318 e. The molecule has 1 aromatic rings. The Kier molecular flexibility index (Phi) is 5.92. The van der Waals surface area contributed by atoms with Gasteiger partial charge in [0.15, 0.2) is 12.3 Å². The van der Waals surface area contributed by atoms with E-state index in [1.165, 1.54) is 7.11 Å². The summed E-state index contributed by atoms with van der Waals surface area (Å²) >= 11 is 0.821. The summed E-state index contributed by atoms with van der Waals surface area (Å²) in [5.74, 6) is 0. The van der Waals surface area contributed by atoms with Crippen LogP contribution in [0.25, 0.3) is 0 Å². The van der Waals surface area contributed by atoms with Gasteiger partial charge in [-0.15, -0.1) is 4.33 Å². The van der Waals surface area contributed by atoms with Crippen LogP contribution in [-0.4, -0.2) is 25.5 Å². The standard InChI is InChI=1S/C13H19O4PS/c1-15-17-19-16-10-9-13-8-5-11-18(13,14)12-6-3-2-4-7-12/h2-4,6-7,13H,5,8-11H2,1H3/t13-,18?/m1/s1. The molecule has 0 spiro atoms. The van der Waals surface area contributed by atoms with Gasteiger partial charge in [0, 0.05) is 17.1 Å². The van der Waals surface area contributed by atoms with E-state index in [1.54, 1.807) is 0 Å². The number of hydrogen-bond acceptors (Lipinski definition) is 5. The monoisotopic (exact) mass is 302 g/mol. The fraction of sp³-hybridized carbons (Fsp3) is 0.538. The first-order valence-corrected chi connectivity index (χ1v) is 9.03. The molecule has 1 aliphatic heterocycles. The van der Waals surface area contributed by atoms with E-state index in [4.69, 9.17) is 4.18 Å². The molecular formula is C13H19O4PS. The molecule has 0 radical (unpaired) electrons. The molecule has 0 saturated carbocycles. The molecule has 1 saturated heterocycles. The zero-order chi connectivity index (χ0) is 13.6. The molecule has 106 valence electrons. The molecular weight excluding hydrogens is 283 g/mol. The highest BCUT2D eigenvalue weighted by molar-refractivity contribution is 7.89. The number of hydrogen-bond donors (Lipinski definition) is 0. The van der Waals surface area contributed by atoms with Crippen molar-refractivity contribution in [2.45, 2.75) is 24.9 Å². The van der Waals surface area contributed by atoms with Crippen LogP contribution in [0.3, 0.4) is 0 Å². The van der Waals surface area contributed by atoms with Crippen LogP contribution in [0.2, 0.25) is 0 Å². The Morgan fingerprint density at radius 2 is 2.16 bits per heavy atom. The lowest BCUT2D eigenvalue weighted by Gasteiger charge is -2.20. The Bertz CT molecular complexity index is 426. The van der Waals surface area contributed by atoms with E-state index >= 15 is 0 Å². The van der Waals surface area contributed by atoms with E-state index in [-0.39, 0.29) is 5.66 Å². The van der Waals surface area contributed by atoms with Crippen molar-refractivity contribution in [2.75, 3.05) is 19.9 Å². The van der Waals surface area contributed by atoms with Crippen LogP contribution in [-0.2, 0) is 18.0 Å². The quantitative estimate of drug-likeness (QED) is 0.254. The molecule has 0 aromatic heterocycles. The van der Waals surface area contributed by atoms with E-state index < -0.39 is 7.14 Å². The Hall–Kier alpha value is -0.320. The van der Waals surface area contributed by atoms with Crippen molar-refractivity contribution in [1.29, 1.82) is 0 Å². The summed E-state index contributed by atoms with van der Waals surface area (Å²) < 4.78 is 22.9. The molecule has 1 fully saturated rings. The van der Waals surface area contributed by atoms with Crippen molar-refractivity contribution >= 4 is 24.8 Å². The summed E-state index contributed by atoms with van der Waals surface area (Å²) in [6.45, 7) is 0.523.